The van der Waals surface area contributed by atoms with Crippen molar-refractivity contribution in [3.8, 4) is 22.3 Å². The third kappa shape index (κ3) is 9.05. The molecule has 0 unspecified atom stereocenters. The number of rotatable bonds is 14. The first-order valence-electron chi connectivity index (χ1n) is 18.8. The zero-order valence-corrected chi connectivity index (χ0v) is 31.7. The van der Waals surface area contributed by atoms with Gasteiger partial charge in [0, 0.05) is 47.0 Å². The largest absolute Gasteiger partial charge is 0.469 e. The van der Waals surface area contributed by atoms with Crippen molar-refractivity contribution in [3.63, 3.8) is 0 Å². The van der Waals surface area contributed by atoms with Gasteiger partial charge >= 0.3 is 11.9 Å². The van der Waals surface area contributed by atoms with Gasteiger partial charge in [-0.15, -0.1) is 0 Å². The summed E-state index contributed by atoms with van der Waals surface area (Å²) in [4.78, 5) is 28.2. The van der Waals surface area contributed by atoms with Gasteiger partial charge in [0.2, 0.25) is 0 Å². The van der Waals surface area contributed by atoms with E-state index >= 15 is 0 Å². The highest BCUT2D eigenvalue weighted by molar-refractivity contribution is 5.84. The first-order valence-corrected chi connectivity index (χ1v) is 18.8. The van der Waals surface area contributed by atoms with Crippen LogP contribution in [0, 0.1) is 0 Å². The number of ether oxygens (including phenoxy) is 2. The van der Waals surface area contributed by atoms with E-state index in [1.165, 1.54) is 14.2 Å². The molecule has 7 rings (SSSR count). The molecule has 0 aliphatic heterocycles. The number of methoxy groups -OCH3 is 2. The number of hydrogen-bond acceptors (Lipinski definition) is 6. The third-order valence-corrected chi connectivity index (χ3v) is 9.89. The molecule has 7 aromatic rings. The van der Waals surface area contributed by atoms with Gasteiger partial charge < -0.3 is 19.3 Å². The quantitative estimate of drug-likeness (QED) is 0.104. The van der Waals surface area contributed by atoms with Crippen LogP contribution in [-0.4, -0.2) is 26.2 Å². The van der Waals surface area contributed by atoms with Gasteiger partial charge in [0.15, 0.2) is 0 Å². The van der Waals surface area contributed by atoms with Crippen molar-refractivity contribution in [2.24, 2.45) is 0 Å². The summed E-state index contributed by atoms with van der Waals surface area (Å²) < 4.78 is 9.75. The van der Waals surface area contributed by atoms with Crippen LogP contribution in [-0.2, 0) is 31.9 Å². The predicted octanol–water partition coefficient (Wildman–Crippen LogP) is 12.2. The lowest BCUT2D eigenvalue weighted by Crippen LogP contribution is -2.13. The number of benzene rings is 7. The minimum Gasteiger partial charge on any atom is -0.469 e. The lowest BCUT2D eigenvalue weighted by atomic mass is 10.0. The second-order valence-corrected chi connectivity index (χ2v) is 13.5. The van der Waals surface area contributed by atoms with Crippen molar-refractivity contribution in [1.29, 1.82) is 0 Å². The monoisotopic (exact) mass is 736 g/mol. The molecule has 0 aromatic heterocycles. The van der Waals surface area contributed by atoms with Gasteiger partial charge in [-0.1, -0.05) is 115 Å². The predicted molar refractivity (Wildman–Crippen MR) is 227 cm³/mol. The number of anilines is 6. The fourth-order valence-corrected chi connectivity index (χ4v) is 6.85. The lowest BCUT2D eigenvalue weighted by molar-refractivity contribution is -0.141. The molecule has 278 valence electrons. The van der Waals surface area contributed by atoms with Crippen molar-refractivity contribution in [1.82, 2.24) is 0 Å². The van der Waals surface area contributed by atoms with Gasteiger partial charge in [-0.05, 0) is 113 Å². The van der Waals surface area contributed by atoms with E-state index in [0.29, 0.717) is 25.7 Å². The number of hydrogen-bond donors (Lipinski definition) is 0. The molecule has 0 saturated carbocycles. The molecule has 0 bridgehead atoms. The van der Waals surface area contributed by atoms with Crippen LogP contribution in [0.2, 0.25) is 0 Å². The Morgan fingerprint density at radius 3 is 1.04 bits per heavy atom. The van der Waals surface area contributed by atoms with E-state index in [2.05, 4.69) is 180 Å². The average molecular weight is 737 g/mol. The molecule has 0 aliphatic carbocycles. The Balaban J connectivity index is 1.28. The second-order valence-electron chi connectivity index (χ2n) is 13.5. The van der Waals surface area contributed by atoms with Gasteiger partial charge in [-0.3, -0.25) is 9.59 Å². The third-order valence-electron chi connectivity index (χ3n) is 9.89. The Hall–Kier alpha value is -6.92. The molecule has 0 heterocycles. The number of esters is 2. The van der Waals surface area contributed by atoms with Crippen LogP contribution < -0.4 is 9.80 Å². The summed E-state index contributed by atoms with van der Waals surface area (Å²) in [6, 6.07) is 63.4. The molecule has 0 aliphatic rings. The summed E-state index contributed by atoms with van der Waals surface area (Å²) in [6.07, 6.45) is 1.87. The lowest BCUT2D eigenvalue weighted by Gasteiger charge is -2.30. The standard InChI is InChI=1S/C50H44N2O4/c1-55-49(53)34-20-37-16-26-43(27-17-37)51(45-30-22-41(23-31-45)39-10-5-3-6-11-39)47-14-9-15-48(36-47)52(44-28-18-38(19-29-44)21-35-50(54)56-2)46-32-24-42(25-33-46)40-12-7-4-8-13-40/h3-19,22-33,36H,20-21,34-35H2,1-2H3. The van der Waals surface area contributed by atoms with E-state index in [-0.39, 0.29) is 11.9 Å². The first kappa shape index (κ1) is 37.4. The van der Waals surface area contributed by atoms with Crippen molar-refractivity contribution in [2.45, 2.75) is 25.7 Å². The van der Waals surface area contributed by atoms with E-state index in [1.807, 2.05) is 12.1 Å². The fraction of sp³-hybridized carbons (Fsp3) is 0.120. The van der Waals surface area contributed by atoms with Crippen LogP contribution in [0.4, 0.5) is 34.1 Å². The van der Waals surface area contributed by atoms with E-state index < -0.39 is 0 Å². The maximum atomic E-state index is 11.9. The first-order chi connectivity index (χ1) is 27.5. The molecule has 0 saturated heterocycles. The minimum absolute atomic E-state index is 0.221. The summed E-state index contributed by atoms with van der Waals surface area (Å²) in [5.41, 5.74) is 12.7. The maximum Gasteiger partial charge on any atom is 0.305 e. The summed E-state index contributed by atoms with van der Waals surface area (Å²) in [6.45, 7) is 0. The number of carbonyl (C=O) groups is 2. The normalized spacial score (nSPS) is 10.8. The highest BCUT2D eigenvalue weighted by Gasteiger charge is 2.18. The van der Waals surface area contributed by atoms with Gasteiger partial charge in [0.05, 0.1) is 14.2 Å². The SMILES string of the molecule is COC(=O)CCc1ccc(N(c2ccc(-c3ccccc3)cc2)c2cccc(N(c3ccc(CCC(=O)OC)cc3)c3ccc(-c4ccccc4)cc3)c2)cc1. The second kappa shape index (κ2) is 17.9. The Morgan fingerprint density at radius 1 is 0.375 bits per heavy atom. The Morgan fingerprint density at radius 2 is 0.696 bits per heavy atom. The fourth-order valence-electron chi connectivity index (χ4n) is 6.85. The summed E-state index contributed by atoms with van der Waals surface area (Å²) >= 11 is 0. The molecule has 0 fully saturated rings. The van der Waals surface area contributed by atoms with E-state index in [0.717, 1.165) is 67.5 Å². The van der Waals surface area contributed by atoms with Crippen molar-refractivity contribution in [3.05, 3.63) is 193 Å². The van der Waals surface area contributed by atoms with Gasteiger partial charge in [-0.25, -0.2) is 0 Å². The summed E-state index contributed by atoms with van der Waals surface area (Å²) in [5, 5.41) is 0. The van der Waals surface area contributed by atoms with Gasteiger partial charge in [0.1, 0.15) is 0 Å². The van der Waals surface area contributed by atoms with Crippen LogP contribution in [0.1, 0.15) is 24.0 Å². The van der Waals surface area contributed by atoms with Crippen LogP contribution in [0.3, 0.4) is 0 Å². The van der Waals surface area contributed by atoms with Crippen molar-refractivity contribution in [2.75, 3.05) is 24.0 Å². The molecule has 0 atom stereocenters. The highest BCUT2D eigenvalue weighted by atomic mass is 16.5. The van der Waals surface area contributed by atoms with Gasteiger partial charge in [-0.2, -0.15) is 0 Å². The molecule has 6 heteroatoms. The Bertz CT molecular complexity index is 2180. The number of aryl methyl sites for hydroxylation is 2. The van der Waals surface area contributed by atoms with E-state index in [4.69, 9.17) is 9.47 Å². The molecule has 7 aromatic carbocycles. The zero-order chi connectivity index (χ0) is 38.7. The van der Waals surface area contributed by atoms with E-state index in [9.17, 15) is 9.59 Å². The maximum absolute atomic E-state index is 11.9. The number of carbonyl (C=O) groups excluding carboxylic acids is 2. The van der Waals surface area contributed by atoms with Crippen LogP contribution >= 0.6 is 0 Å². The van der Waals surface area contributed by atoms with Gasteiger partial charge in [0.25, 0.3) is 0 Å². The molecular formula is C50H44N2O4. The number of nitrogens with zero attached hydrogens (tertiary/aromatic N) is 2. The van der Waals surface area contributed by atoms with Crippen LogP contribution in [0.25, 0.3) is 22.3 Å². The molecule has 0 radical (unpaired) electrons. The smallest absolute Gasteiger partial charge is 0.305 e. The Kier molecular flexibility index (Phi) is 12.0. The van der Waals surface area contributed by atoms with Crippen molar-refractivity contribution >= 4 is 46.1 Å². The minimum atomic E-state index is -0.221. The average Bonchev–Trinajstić information content (AvgIpc) is 3.27. The van der Waals surface area contributed by atoms with Crippen LogP contribution in [0.5, 0.6) is 0 Å². The highest BCUT2D eigenvalue weighted by Crippen LogP contribution is 2.41. The molecule has 56 heavy (non-hydrogen) atoms. The topological polar surface area (TPSA) is 59.1 Å². The molecule has 0 N–H and O–H groups in total. The molecule has 6 nitrogen and oxygen atoms in total. The zero-order valence-electron chi connectivity index (χ0n) is 31.7. The summed E-state index contributed by atoms with van der Waals surface area (Å²) in [7, 11) is 2.84. The molecular weight excluding hydrogens is 693 g/mol. The van der Waals surface area contributed by atoms with Crippen LogP contribution in [0.15, 0.2) is 182 Å². The summed E-state index contributed by atoms with van der Waals surface area (Å²) in [5.74, 6) is -0.442. The van der Waals surface area contributed by atoms with Crippen molar-refractivity contribution < 1.29 is 19.1 Å². The Labute approximate surface area is 329 Å². The molecule has 0 spiro atoms. The molecule has 0 amide bonds. The van der Waals surface area contributed by atoms with E-state index in [1.54, 1.807) is 0 Å².